The largest absolute Gasteiger partial charge is 0.493 e. The molecular weight excluding hydrogens is 284 g/mol. The van der Waals surface area contributed by atoms with Crippen LogP contribution in [0.2, 0.25) is 5.02 Å². The number of rotatable bonds is 2. The molecule has 0 fully saturated rings. The Morgan fingerprint density at radius 1 is 1.24 bits per heavy atom. The number of nitrogen functional groups attached to an aromatic ring is 1. The van der Waals surface area contributed by atoms with E-state index in [2.05, 4.69) is 22.9 Å². The number of benzene rings is 2. The van der Waals surface area contributed by atoms with E-state index in [-0.39, 0.29) is 0 Å². The fourth-order valence-electron chi connectivity index (χ4n) is 3.07. The van der Waals surface area contributed by atoms with Crippen LogP contribution in [-0.2, 0) is 13.0 Å². The van der Waals surface area contributed by atoms with E-state index in [0.29, 0.717) is 6.54 Å². The molecule has 1 aliphatic rings. The van der Waals surface area contributed by atoms with Gasteiger partial charge in [0.15, 0.2) is 0 Å². The Morgan fingerprint density at radius 3 is 3.05 bits per heavy atom. The van der Waals surface area contributed by atoms with Gasteiger partial charge in [-0.05, 0) is 29.8 Å². The number of aromatic nitrogens is 1. The number of para-hydroxylation sites is 1. The first-order valence-electron chi connectivity index (χ1n) is 7.00. The first kappa shape index (κ1) is 12.6. The molecule has 3 nitrogen and oxygen atoms in total. The smallest absolute Gasteiger partial charge is 0.127 e. The molecule has 0 spiro atoms. The van der Waals surface area contributed by atoms with Crippen LogP contribution in [0.3, 0.4) is 0 Å². The molecule has 4 rings (SSSR count). The summed E-state index contributed by atoms with van der Waals surface area (Å²) in [4.78, 5) is 0. The summed E-state index contributed by atoms with van der Waals surface area (Å²) in [6.45, 7) is 1.44. The van der Waals surface area contributed by atoms with Crippen molar-refractivity contribution in [3.05, 3.63) is 58.7 Å². The Kier molecular flexibility index (Phi) is 2.82. The lowest BCUT2D eigenvalue weighted by atomic mass is 10.1. The lowest BCUT2D eigenvalue weighted by molar-refractivity contribution is 0.353. The highest BCUT2D eigenvalue weighted by atomic mass is 35.5. The fraction of sp³-hybridized carbons (Fsp3) is 0.176. The monoisotopic (exact) mass is 298 g/mol. The minimum atomic E-state index is 0.709. The van der Waals surface area contributed by atoms with Gasteiger partial charge < -0.3 is 15.0 Å². The number of nitrogens with two attached hydrogens (primary N) is 1. The van der Waals surface area contributed by atoms with Crippen molar-refractivity contribution < 1.29 is 4.74 Å². The van der Waals surface area contributed by atoms with Gasteiger partial charge in [-0.2, -0.15) is 0 Å². The van der Waals surface area contributed by atoms with Crippen LogP contribution in [0.5, 0.6) is 5.75 Å². The molecule has 0 radical (unpaired) electrons. The Hall–Kier alpha value is -2.13. The highest BCUT2D eigenvalue weighted by molar-refractivity contribution is 6.30. The average molecular weight is 299 g/mol. The normalized spacial score (nSPS) is 13.4. The zero-order valence-corrected chi connectivity index (χ0v) is 12.2. The third-order valence-corrected chi connectivity index (χ3v) is 4.20. The van der Waals surface area contributed by atoms with Gasteiger partial charge in [0.25, 0.3) is 0 Å². The molecule has 1 aliphatic heterocycles. The van der Waals surface area contributed by atoms with Crippen molar-refractivity contribution >= 4 is 28.2 Å². The third-order valence-electron chi connectivity index (χ3n) is 3.99. The van der Waals surface area contributed by atoms with Crippen LogP contribution < -0.4 is 10.5 Å². The Labute approximate surface area is 127 Å². The second-order valence-corrected chi connectivity index (χ2v) is 5.82. The summed E-state index contributed by atoms with van der Waals surface area (Å²) in [6, 6.07) is 12.0. The first-order valence-corrected chi connectivity index (χ1v) is 7.37. The molecule has 2 heterocycles. The van der Waals surface area contributed by atoms with Crippen LogP contribution in [-0.4, -0.2) is 11.2 Å². The average Bonchev–Trinajstić information content (AvgIpc) is 3.06. The first-order chi connectivity index (χ1) is 10.2. The number of ether oxygens (including phenoxy) is 1. The van der Waals surface area contributed by atoms with Crippen molar-refractivity contribution in [2.75, 3.05) is 12.3 Å². The fourth-order valence-corrected chi connectivity index (χ4v) is 3.33. The van der Waals surface area contributed by atoms with Crippen molar-refractivity contribution in [3.63, 3.8) is 0 Å². The molecule has 2 aromatic carbocycles. The molecule has 106 valence electrons. The number of fused-ring (bicyclic) bond motifs is 2. The lowest BCUT2D eigenvalue weighted by Gasteiger charge is -2.12. The van der Waals surface area contributed by atoms with E-state index in [4.69, 9.17) is 22.1 Å². The molecule has 3 aromatic rings. The van der Waals surface area contributed by atoms with Crippen molar-refractivity contribution in [2.24, 2.45) is 0 Å². The topological polar surface area (TPSA) is 40.2 Å². The second kappa shape index (κ2) is 4.71. The van der Waals surface area contributed by atoms with Crippen LogP contribution in [0.25, 0.3) is 10.9 Å². The van der Waals surface area contributed by atoms with Crippen LogP contribution in [0.15, 0.2) is 42.6 Å². The van der Waals surface area contributed by atoms with Gasteiger partial charge in [0.1, 0.15) is 5.75 Å². The maximum atomic E-state index is 6.23. The molecule has 0 bridgehead atoms. The summed E-state index contributed by atoms with van der Waals surface area (Å²) in [5, 5.41) is 1.91. The number of nitrogens with zero attached hydrogens (tertiary/aromatic N) is 1. The van der Waals surface area contributed by atoms with Crippen molar-refractivity contribution in [3.8, 4) is 5.75 Å². The molecule has 0 saturated heterocycles. The molecule has 21 heavy (non-hydrogen) atoms. The minimum Gasteiger partial charge on any atom is -0.493 e. The van der Waals surface area contributed by atoms with E-state index in [1.54, 1.807) is 0 Å². The van der Waals surface area contributed by atoms with Gasteiger partial charge in [0.2, 0.25) is 0 Å². The van der Waals surface area contributed by atoms with Crippen molar-refractivity contribution in [1.82, 2.24) is 4.57 Å². The van der Waals surface area contributed by atoms with Gasteiger partial charge in [-0.1, -0.05) is 23.7 Å². The van der Waals surface area contributed by atoms with E-state index in [1.807, 2.05) is 24.3 Å². The van der Waals surface area contributed by atoms with Gasteiger partial charge in [0, 0.05) is 28.6 Å². The zero-order chi connectivity index (χ0) is 14.4. The maximum absolute atomic E-state index is 6.23. The third kappa shape index (κ3) is 2.05. The maximum Gasteiger partial charge on any atom is 0.127 e. The van der Waals surface area contributed by atoms with E-state index in [9.17, 15) is 0 Å². The second-order valence-electron chi connectivity index (χ2n) is 5.38. The summed E-state index contributed by atoms with van der Waals surface area (Å²) in [7, 11) is 0. The lowest BCUT2D eigenvalue weighted by Crippen LogP contribution is -2.02. The predicted molar refractivity (Wildman–Crippen MR) is 86.1 cm³/mol. The zero-order valence-electron chi connectivity index (χ0n) is 11.5. The van der Waals surface area contributed by atoms with Gasteiger partial charge in [0.05, 0.1) is 24.4 Å². The molecule has 0 amide bonds. The highest BCUT2D eigenvalue weighted by Crippen LogP contribution is 2.34. The van der Waals surface area contributed by atoms with Crippen LogP contribution in [0.1, 0.15) is 11.1 Å². The Bertz CT molecular complexity index is 838. The molecular formula is C17H15ClN2O. The van der Waals surface area contributed by atoms with Crippen molar-refractivity contribution in [1.29, 1.82) is 0 Å². The summed E-state index contributed by atoms with van der Waals surface area (Å²) in [5.41, 5.74) is 10.3. The van der Waals surface area contributed by atoms with E-state index < -0.39 is 0 Å². The van der Waals surface area contributed by atoms with E-state index in [0.717, 1.165) is 46.0 Å². The summed E-state index contributed by atoms with van der Waals surface area (Å²) in [5.74, 6) is 0.982. The molecule has 1 aromatic heterocycles. The van der Waals surface area contributed by atoms with Gasteiger partial charge in [-0.25, -0.2) is 0 Å². The molecule has 0 saturated carbocycles. The van der Waals surface area contributed by atoms with Crippen molar-refractivity contribution in [2.45, 2.75) is 13.0 Å². The van der Waals surface area contributed by atoms with Gasteiger partial charge >= 0.3 is 0 Å². The Morgan fingerprint density at radius 2 is 2.14 bits per heavy atom. The molecule has 0 unspecified atom stereocenters. The van der Waals surface area contributed by atoms with Gasteiger partial charge in [-0.15, -0.1) is 0 Å². The Balaban J connectivity index is 1.83. The van der Waals surface area contributed by atoms with Gasteiger partial charge in [-0.3, -0.25) is 0 Å². The van der Waals surface area contributed by atoms with Crippen LogP contribution in [0, 0.1) is 0 Å². The molecule has 0 atom stereocenters. The number of hydrogen-bond acceptors (Lipinski definition) is 2. The van der Waals surface area contributed by atoms with E-state index >= 15 is 0 Å². The molecule has 4 heteroatoms. The quantitative estimate of drug-likeness (QED) is 0.730. The molecule has 2 N–H and O–H groups in total. The predicted octanol–water partition coefficient (Wildman–Crippen LogP) is 3.86. The molecule has 0 aliphatic carbocycles. The number of hydrogen-bond donors (Lipinski definition) is 1. The number of halogens is 1. The summed E-state index contributed by atoms with van der Waals surface area (Å²) >= 11 is 6.23. The van der Waals surface area contributed by atoms with Crippen LogP contribution in [0.4, 0.5) is 5.69 Å². The number of anilines is 1. The van der Waals surface area contributed by atoms with Crippen LogP contribution >= 0.6 is 11.6 Å². The standard InChI is InChI=1S/C17H15ClN2O/c18-14-8-12-5-7-21-17(12)13(9-14)10-20-6-4-11-2-1-3-15(19)16(11)20/h1-4,6,8-9H,5,7,10,19H2. The van der Waals surface area contributed by atoms with E-state index in [1.165, 1.54) is 5.56 Å². The summed E-state index contributed by atoms with van der Waals surface area (Å²) < 4.78 is 7.92. The highest BCUT2D eigenvalue weighted by Gasteiger charge is 2.18. The minimum absolute atomic E-state index is 0.709. The SMILES string of the molecule is Nc1cccc2ccn(Cc3cc(Cl)cc4c3OCC4)c12. The summed E-state index contributed by atoms with van der Waals surface area (Å²) in [6.07, 6.45) is 2.99.